The number of nitrogens with zero attached hydrogens (tertiary/aromatic N) is 2. The summed E-state index contributed by atoms with van der Waals surface area (Å²) in [6.45, 7) is 2.40. The molecule has 1 heterocycles. The number of carbonyl (C=O) groups excluding carboxylic acids is 2. The fourth-order valence-corrected chi connectivity index (χ4v) is 5.10. The molecule has 0 aromatic heterocycles. The number of nitrogens with one attached hydrogen (secondary N) is 1. The van der Waals surface area contributed by atoms with Crippen molar-refractivity contribution in [2.45, 2.75) is 31.6 Å². The van der Waals surface area contributed by atoms with Crippen LogP contribution in [0.25, 0.3) is 0 Å². The van der Waals surface area contributed by atoms with Gasteiger partial charge in [0, 0.05) is 12.2 Å². The zero-order chi connectivity index (χ0) is 23.9. The van der Waals surface area contributed by atoms with Gasteiger partial charge in [-0.25, -0.2) is 0 Å². The Labute approximate surface area is 204 Å². The molecule has 1 aliphatic rings. The number of amides is 2. The van der Waals surface area contributed by atoms with Crippen LogP contribution in [0.3, 0.4) is 0 Å². The lowest BCUT2D eigenvalue weighted by Gasteiger charge is -2.18. The van der Waals surface area contributed by atoms with Crippen LogP contribution in [0, 0.1) is 11.3 Å². The maximum absolute atomic E-state index is 13.5. The van der Waals surface area contributed by atoms with Gasteiger partial charge in [-0.3, -0.25) is 14.5 Å². The van der Waals surface area contributed by atoms with Crippen LogP contribution in [0.15, 0.2) is 95.5 Å². The SMILES string of the molecule is CCc1ccc(C[C@H]2S/C(=C(\C#N)C(=O)NCc3ccccc3)N(c3ccccc3)C2=O)cc1. The molecule has 170 valence electrons. The molecule has 1 fully saturated rings. The average Bonchev–Trinajstić information content (AvgIpc) is 3.20. The van der Waals surface area contributed by atoms with E-state index < -0.39 is 11.2 Å². The zero-order valence-electron chi connectivity index (χ0n) is 18.9. The number of carbonyl (C=O) groups is 2. The number of nitriles is 1. The van der Waals surface area contributed by atoms with Crippen molar-refractivity contribution in [2.24, 2.45) is 0 Å². The number of hydrogen-bond donors (Lipinski definition) is 1. The van der Waals surface area contributed by atoms with E-state index in [-0.39, 0.29) is 11.5 Å². The van der Waals surface area contributed by atoms with Crippen LogP contribution >= 0.6 is 11.8 Å². The molecule has 3 aromatic rings. The molecule has 2 amide bonds. The quantitative estimate of drug-likeness (QED) is 0.392. The van der Waals surface area contributed by atoms with Gasteiger partial charge in [0.25, 0.3) is 5.91 Å². The Morgan fingerprint density at radius 2 is 1.56 bits per heavy atom. The summed E-state index contributed by atoms with van der Waals surface area (Å²) in [5.41, 5.74) is 3.80. The molecular formula is C28H25N3O2S. The molecule has 34 heavy (non-hydrogen) atoms. The monoisotopic (exact) mass is 467 g/mol. The summed E-state index contributed by atoms with van der Waals surface area (Å²) in [6.07, 6.45) is 1.47. The van der Waals surface area contributed by atoms with Crippen molar-refractivity contribution >= 4 is 29.3 Å². The third kappa shape index (κ3) is 5.22. The summed E-state index contributed by atoms with van der Waals surface area (Å²) in [6, 6.07) is 29.0. The van der Waals surface area contributed by atoms with Crippen LogP contribution in [0.5, 0.6) is 0 Å². The van der Waals surface area contributed by atoms with Crippen molar-refractivity contribution in [1.29, 1.82) is 5.26 Å². The van der Waals surface area contributed by atoms with Gasteiger partial charge < -0.3 is 5.32 Å². The van der Waals surface area contributed by atoms with Gasteiger partial charge in [0.2, 0.25) is 5.91 Å². The topological polar surface area (TPSA) is 73.2 Å². The normalized spacial score (nSPS) is 16.8. The predicted octanol–water partition coefficient (Wildman–Crippen LogP) is 4.99. The molecule has 6 heteroatoms. The third-order valence-electron chi connectivity index (χ3n) is 5.67. The maximum Gasteiger partial charge on any atom is 0.264 e. The summed E-state index contributed by atoms with van der Waals surface area (Å²) < 4.78 is 0. The van der Waals surface area contributed by atoms with Gasteiger partial charge in [-0.15, -0.1) is 0 Å². The van der Waals surface area contributed by atoms with Crippen LogP contribution in [-0.2, 0) is 29.0 Å². The molecule has 0 saturated carbocycles. The lowest BCUT2D eigenvalue weighted by atomic mass is 10.1. The number of rotatable bonds is 7. The van der Waals surface area contributed by atoms with E-state index in [1.165, 1.54) is 22.2 Å². The van der Waals surface area contributed by atoms with Crippen molar-refractivity contribution in [3.8, 4) is 6.07 Å². The van der Waals surface area contributed by atoms with E-state index in [2.05, 4.69) is 30.4 Å². The first-order valence-electron chi connectivity index (χ1n) is 11.2. The second-order valence-electron chi connectivity index (χ2n) is 7.95. The van der Waals surface area contributed by atoms with Crippen molar-refractivity contribution in [1.82, 2.24) is 5.32 Å². The van der Waals surface area contributed by atoms with Gasteiger partial charge in [0.1, 0.15) is 16.7 Å². The van der Waals surface area contributed by atoms with E-state index in [4.69, 9.17) is 0 Å². The number of benzene rings is 3. The summed E-state index contributed by atoms with van der Waals surface area (Å²) in [5.74, 6) is -0.620. The number of hydrogen-bond acceptors (Lipinski definition) is 4. The molecule has 4 rings (SSSR count). The van der Waals surface area contributed by atoms with Crippen LogP contribution in [0.4, 0.5) is 5.69 Å². The van der Waals surface area contributed by atoms with Gasteiger partial charge in [-0.1, -0.05) is 91.5 Å². The molecule has 0 aliphatic carbocycles. The van der Waals surface area contributed by atoms with E-state index in [1.807, 2.05) is 72.8 Å². The fraction of sp³-hybridized carbons (Fsp3) is 0.179. The van der Waals surface area contributed by atoms with Crippen LogP contribution in [0.2, 0.25) is 0 Å². The van der Waals surface area contributed by atoms with Gasteiger partial charge in [-0.2, -0.15) is 5.26 Å². The Hall–Kier alpha value is -3.82. The summed E-state index contributed by atoms with van der Waals surface area (Å²) in [7, 11) is 0. The molecule has 1 aliphatic heterocycles. The second-order valence-corrected chi connectivity index (χ2v) is 9.14. The Kier molecular flexibility index (Phi) is 7.46. The Morgan fingerprint density at radius 1 is 0.941 bits per heavy atom. The molecule has 0 radical (unpaired) electrons. The highest BCUT2D eigenvalue weighted by Gasteiger charge is 2.40. The minimum Gasteiger partial charge on any atom is -0.347 e. The molecule has 1 N–H and O–H groups in total. The standard InChI is InChI=1S/C28H25N3O2S/c1-2-20-13-15-21(16-14-20)17-25-27(33)31(23-11-7-4-8-12-23)28(34-25)24(18-29)26(32)30-19-22-9-5-3-6-10-22/h3-16,25H,2,17,19H2,1H3,(H,30,32)/b28-24+/t25-/m1/s1. The van der Waals surface area contributed by atoms with Crippen molar-refractivity contribution in [3.05, 3.63) is 112 Å². The molecule has 1 atom stereocenters. The molecule has 0 spiro atoms. The maximum atomic E-state index is 13.5. The zero-order valence-corrected chi connectivity index (χ0v) is 19.7. The largest absolute Gasteiger partial charge is 0.347 e. The van der Waals surface area contributed by atoms with Crippen molar-refractivity contribution in [2.75, 3.05) is 4.90 Å². The first kappa shape index (κ1) is 23.3. The summed E-state index contributed by atoms with van der Waals surface area (Å²) in [5, 5.41) is 12.7. The lowest BCUT2D eigenvalue weighted by Crippen LogP contribution is -2.32. The van der Waals surface area contributed by atoms with Crippen molar-refractivity contribution in [3.63, 3.8) is 0 Å². The highest BCUT2D eigenvalue weighted by Crippen LogP contribution is 2.41. The molecule has 5 nitrogen and oxygen atoms in total. The van der Waals surface area contributed by atoms with E-state index >= 15 is 0 Å². The second kappa shape index (κ2) is 10.9. The minimum absolute atomic E-state index is 0.0537. The number of thioether (sulfide) groups is 1. The first-order valence-corrected chi connectivity index (χ1v) is 12.1. The summed E-state index contributed by atoms with van der Waals surface area (Å²) in [4.78, 5) is 28.0. The predicted molar refractivity (Wildman–Crippen MR) is 136 cm³/mol. The number of anilines is 1. The van der Waals surface area contributed by atoms with Crippen molar-refractivity contribution < 1.29 is 9.59 Å². The molecule has 1 saturated heterocycles. The average molecular weight is 468 g/mol. The van der Waals surface area contributed by atoms with Crippen LogP contribution in [-0.4, -0.2) is 17.1 Å². The number of para-hydroxylation sites is 1. The Balaban J connectivity index is 1.63. The molecule has 0 unspecified atom stereocenters. The van der Waals surface area contributed by atoms with Gasteiger partial charge >= 0.3 is 0 Å². The van der Waals surface area contributed by atoms with Gasteiger partial charge in [-0.05, 0) is 41.7 Å². The highest BCUT2D eigenvalue weighted by atomic mass is 32.2. The van der Waals surface area contributed by atoms with Gasteiger partial charge in [0.15, 0.2) is 0 Å². The van der Waals surface area contributed by atoms with E-state index in [0.29, 0.717) is 23.7 Å². The summed E-state index contributed by atoms with van der Waals surface area (Å²) >= 11 is 1.28. The van der Waals surface area contributed by atoms with Gasteiger partial charge in [0.05, 0.1) is 5.25 Å². The fourth-order valence-electron chi connectivity index (χ4n) is 3.79. The van der Waals surface area contributed by atoms with E-state index in [9.17, 15) is 14.9 Å². The Morgan fingerprint density at radius 3 is 2.18 bits per heavy atom. The molecule has 0 bridgehead atoms. The number of aryl methyl sites for hydroxylation is 1. The van der Waals surface area contributed by atoms with Crippen LogP contribution < -0.4 is 10.2 Å². The Bertz CT molecular complexity index is 1230. The smallest absolute Gasteiger partial charge is 0.264 e. The highest BCUT2D eigenvalue weighted by molar-refractivity contribution is 8.05. The third-order valence-corrected chi connectivity index (χ3v) is 6.93. The molecule has 3 aromatic carbocycles. The first-order chi connectivity index (χ1) is 16.6. The van der Waals surface area contributed by atoms with E-state index in [1.54, 1.807) is 0 Å². The molecular weight excluding hydrogens is 442 g/mol. The minimum atomic E-state index is -0.490. The van der Waals surface area contributed by atoms with Crippen LogP contribution in [0.1, 0.15) is 23.6 Å². The van der Waals surface area contributed by atoms with E-state index in [0.717, 1.165) is 17.5 Å². The lowest BCUT2D eigenvalue weighted by molar-refractivity contribution is -0.117.